The molecule has 1 heterocycles. The van der Waals surface area contributed by atoms with Gasteiger partial charge in [0, 0.05) is 16.7 Å². The van der Waals surface area contributed by atoms with Gasteiger partial charge in [0.1, 0.15) is 0 Å². The van der Waals surface area contributed by atoms with Gasteiger partial charge in [0.25, 0.3) is 0 Å². The molecule has 0 fully saturated rings. The van der Waals surface area contributed by atoms with E-state index in [0.717, 1.165) is 4.88 Å². The fourth-order valence-electron chi connectivity index (χ4n) is 1.41. The van der Waals surface area contributed by atoms with Crippen LogP contribution in [0.2, 0.25) is 0 Å². The second-order valence-corrected chi connectivity index (χ2v) is 4.56. The van der Waals surface area contributed by atoms with E-state index in [9.17, 15) is 4.79 Å². The van der Waals surface area contributed by atoms with Crippen molar-refractivity contribution in [1.82, 2.24) is 0 Å². The first-order chi connectivity index (χ1) is 9.20. The fraction of sp³-hybridized carbons (Fsp3) is 0. The summed E-state index contributed by atoms with van der Waals surface area (Å²) < 4.78 is 0. The van der Waals surface area contributed by atoms with E-state index < -0.39 is 5.97 Å². The molecular formula is C14H9N2O2S-. The molecule has 1 N–H and O–H groups in total. The Bertz CT molecular complexity index is 651. The molecule has 19 heavy (non-hydrogen) atoms. The average Bonchev–Trinajstić information content (AvgIpc) is 2.94. The number of aromatic carboxylic acids is 1. The molecule has 5 heteroatoms. The van der Waals surface area contributed by atoms with E-state index >= 15 is 0 Å². The quantitative estimate of drug-likeness (QED) is 0.863. The van der Waals surface area contributed by atoms with Gasteiger partial charge in [0.05, 0.1) is 11.3 Å². The maximum atomic E-state index is 10.7. The van der Waals surface area contributed by atoms with Gasteiger partial charge in [-0.05, 0) is 35.7 Å². The lowest BCUT2D eigenvalue weighted by molar-refractivity contribution is 0.0697. The highest BCUT2D eigenvalue weighted by atomic mass is 32.1. The first-order valence-corrected chi connectivity index (χ1v) is 6.27. The molecule has 0 bridgehead atoms. The van der Waals surface area contributed by atoms with Crippen molar-refractivity contribution in [3.05, 3.63) is 57.6 Å². The van der Waals surface area contributed by atoms with Crippen molar-refractivity contribution < 1.29 is 9.90 Å². The molecule has 0 unspecified atom stereocenters. The predicted octanol–water partition coefficient (Wildman–Crippen LogP) is 3.47. The van der Waals surface area contributed by atoms with Crippen LogP contribution in [0.1, 0.15) is 15.2 Å². The summed E-state index contributed by atoms with van der Waals surface area (Å²) in [7, 11) is 0. The van der Waals surface area contributed by atoms with Crippen molar-refractivity contribution in [3.8, 4) is 0 Å². The number of hydrogen-bond donors (Lipinski definition) is 1. The summed E-state index contributed by atoms with van der Waals surface area (Å²) in [5, 5.41) is 19.7. The van der Waals surface area contributed by atoms with Crippen LogP contribution in [0.15, 0.2) is 46.8 Å². The highest BCUT2D eigenvalue weighted by Crippen LogP contribution is 2.18. The number of rotatable bonds is 4. The zero-order valence-electron chi connectivity index (χ0n) is 9.78. The maximum absolute atomic E-state index is 10.7. The molecule has 0 saturated heterocycles. The fourth-order valence-corrected chi connectivity index (χ4v) is 2.09. The number of aliphatic imine (C=N–C) groups is 1. The minimum atomic E-state index is -0.974. The van der Waals surface area contributed by atoms with Crippen LogP contribution < -0.4 is 0 Å². The van der Waals surface area contributed by atoms with Crippen LogP contribution >= 0.6 is 11.3 Å². The molecule has 0 atom stereocenters. The molecule has 2 aromatic rings. The van der Waals surface area contributed by atoms with Gasteiger partial charge in [-0.1, -0.05) is 6.07 Å². The van der Waals surface area contributed by atoms with Gasteiger partial charge in [0.15, 0.2) is 0 Å². The zero-order chi connectivity index (χ0) is 13.7. The molecule has 1 aromatic heterocycles. The summed E-state index contributed by atoms with van der Waals surface area (Å²) >= 11 is 1.47. The molecule has 0 aliphatic rings. The van der Waals surface area contributed by atoms with E-state index in [4.69, 9.17) is 10.5 Å². The normalized spacial score (nSPS) is 10.3. The number of hydrogen-bond acceptors (Lipinski definition) is 3. The summed E-state index contributed by atoms with van der Waals surface area (Å²) in [5.74, 6) is 1.11. The Labute approximate surface area is 113 Å². The number of carbonyl (C=O) groups is 1. The van der Waals surface area contributed by atoms with Crippen LogP contribution in [-0.2, 0) is 0 Å². The average molecular weight is 269 g/mol. The number of thiophene rings is 1. The highest BCUT2D eigenvalue weighted by Gasteiger charge is 2.01. The van der Waals surface area contributed by atoms with Crippen LogP contribution in [-0.4, -0.2) is 23.2 Å². The topological polar surface area (TPSA) is 72.0 Å². The van der Waals surface area contributed by atoms with Crippen LogP contribution in [0.25, 0.3) is 11.0 Å². The number of benzene rings is 1. The van der Waals surface area contributed by atoms with Crippen molar-refractivity contribution in [3.63, 3.8) is 0 Å². The Morgan fingerprint density at radius 1 is 1.32 bits per heavy atom. The highest BCUT2D eigenvalue weighted by molar-refractivity contribution is 7.11. The van der Waals surface area contributed by atoms with Crippen LogP contribution in [0.5, 0.6) is 0 Å². The Balaban J connectivity index is 2.18. The summed E-state index contributed by atoms with van der Waals surface area (Å²) in [6.07, 6.45) is 1.49. The molecule has 1 aromatic carbocycles. The van der Waals surface area contributed by atoms with E-state index in [1.807, 2.05) is 17.5 Å². The van der Waals surface area contributed by atoms with Crippen molar-refractivity contribution in [2.24, 2.45) is 4.99 Å². The van der Waals surface area contributed by atoms with Gasteiger partial charge >= 0.3 is 5.97 Å². The zero-order valence-corrected chi connectivity index (χ0v) is 10.6. The lowest BCUT2D eigenvalue weighted by Gasteiger charge is -1.98. The molecule has 0 saturated carbocycles. The van der Waals surface area contributed by atoms with Gasteiger partial charge in [-0.2, -0.15) is 0 Å². The lowest BCUT2D eigenvalue weighted by atomic mass is 10.2. The van der Waals surface area contributed by atoms with Gasteiger partial charge in [-0.3, -0.25) is 10.9 Å². The minimum Gasteiger partial charge on any atom is -0.763 e. The molecule has 2 rings (SSSR count). The van der Waals surface area contributed by atoms with Gasteiger partial charge in [-0.25, -0.2) is 4.79 Å². The molecule has 0 aliphatic carbocycles. The summed E-state index contributed by atoms with van der Waals surface area (Å²) in [6.45, 7) is 0. The number of allylic oxidation sites excluding steroid dienone is 1. The Morgan fingerprint density at radius 2 is 2.05 bits per heavy atom. The Hall–Kier alpha value is -2.49. The van der Waals surface area contributed by atoms with Crippen molar-refractivity contribution in [2.75, 3.05) is 0 Å². The van der Waals surface area contributed by atoms with Crippen LogP contribution in [0.4, 0.5) is 5.69 Å². The van der Waals surface area contributed by atoms with Crippen molar-refractivity contribution >= 4 is 40.7 Å². The maximum Gasteiger partial charge on any atom is 0.335 e. The molecule has 0 aliphatic heterocycles. The third kappa shape index (κ3) is 3.25. The van der Waals surface area contributed by atoms with E-state index in [1.165, 1.54) is 29.7 Å². The Morgan fingerprint density at radius 3 is 2.58 bits per heavy atom. The van der Waals surface area contributed by atoms with Gasteiger partial charge < -0.3 is 10.5 Å². The molecule has 0 radical (unpaired) electrons. The molecule has 94 valence electrons. The van der Waals surface area contributed by atoms with E-state index in [1.54, 1.807) is 12.1 Å². The van der Waals surface area contributed by atoms with Crippen molar-refractivity contribution in [2.45, 2.75) is 0 Å². The monoisotopic (exact) mass is 269 g/mol. The largest absolute Gasteiger partial charge is 0.763 e. The standard InChI is InChI=1S/C14H9N2O2S/c15-8-11(13-2-1-7-19-13)9-16-12-5-3-10(4-6-12)14(17)18/h1-7,9H,(H,17,18)/q-1. The number of carboxylic acids is 1. The Kier molecular flexibility index (Phi) is 4.03. The molecule has 0 spiro atoms. The van der Waals surface area contributed by atoms with E-state index in [2.05, 4.69) is 10.9 Å². The predicted molar refractivity (Wildman–Crippen MR) is 77.6 cm³/mol. The smallest absolute Gasteiger partial charge is 0.335 e. The molecule has 0 amide bonds. The third-order valence-corrected chi connectivity index (χ3v) is 3.27. The summed E-state index contributed by atoms with van der Waals surface area (Å²) in [5.41, 5.74) is 1.30. The summed E-state index contributed by atoms with van der Waals surface area (Å²) in [4.78, 5) is 15.7. The summed E-state index contributed by atoms with van der Waals surface area (Å²) in [6, 6.07) is 9.88. The molecule has 4 nitrogen and oxygen atoms in total. The number of carboxylic acid groups (broad SMARTS) is 1. The first-order valence-electron chi connectivity index (χ1n) is 5.39. The SMILES string of the molecule is [N-]=C=C(C=Nc1ccc(C(=O)O)cc1)c1cccs1. The lowest BCUT2D eigenvalue weighted by Crippen LogP contribution is -1.94. The van der Waals surface area contributed by atoms with Gasteiger partial charge in [-0.15, -0.1) is 11.3 Å². The van der Waals surface area contributed by atoms with Crippen molar-refractivity contribution in [1.29, 1.82) is 0 Å². The molecular weight excluding hydrogens is 260 g/mol. The van der Waals surface area contributed by atoms with E-state index in [-0.39, 0.29) is 5.56 Å². The van der Waals surface area contributed by atoms with Crippen LogP contribution in [0, 0.1) is 0 Å². The van der Waals surface area contributed by atoms with E-state index in [0.29, 0.717) is 11.3 Å². The minimum absolute atomic E-state index is 0.210. The third-order valence-electron chi connectivity index (χ3n) is 2.36. The second-order valence-electron chi connectivity index (χ2n) is 3.61. The second kappa shape index (κ2) is 5.91. The van der Waals surface area contributed by atoms with Crippen LogP contribution in [0.3, 0.4) is 0 Å². The first kappa shape index (κ1) is 13.0. The van der Waals surface area contributed by atoms with Gasteiger partial charge in [0.2, 0.25) is 0 Å². The number of nitrogens with zero attached hydrogens (tertiary/aromatic N) is 2.